The van der Waals surface area contributed by atoms with Gasteiger partial charge < -0.3 is 33.8 Å². The van der Waals surface area contributed by atoms with Crippen molar-refractivity contribution in [3.8, 4) is 0 Å². The van der Waals surface area contributed by atoms with E-state index in [1.54, 1.807) is 0 Å². The third kappa shape index (κ3) is 70.2. The molecular weight excluding hydrogens is 1280 g/mol. The van der Waals surface area contributed by atoms with Gasteiger partial charge in [0, 0.05) is 25.7 Å². The fourth-order valence-electron chi connectivity index (χ4n) is 9.97. The Morgan fingerprint density at radius 2 is 0.541 bits per heavy atom. The first-order chi connectivity index (χ1) is 47.7. The summed E-state index contributed by atoms with van der Waals surface area (Å²) < 4.78 is 68.4. The van der Waals surface area contributed by atoms with Crippen molar-refractivity contribution >= 4 is 39.5 Å². The molecule has 0 aliphatic heterocycles. The number of carbonyl (C=O) groups is 4. The van der Waals surface area contributed by atoms with Gasteiger partial charge in [-0.15, -0.1) is 0 Å². The number of unbranched alkanes of at least 4 members (excludes halogenated alkanes) is 27. The third-order valence-corrected chi connectivity index (χ3v) is 17.6. The summed E-state index contributed by atoms with van der Waals surface area (Å²) in [7, 11) is -9.96. The molecule has 0 aromatic heterocycles. The molecule has 0 aliphatic rings. The summed E-state index contributed by atoms with van der Waals surface area (Å²) in [4.78, 5) is 72.8. The number of hydrogen-bond donors (Lipinski definition) is 3. The lowest BCUT2D eigenvalue weighted by atomic mass is 10.1. The number of carbonyl (C=O) groups excluding carboxylic acids is 4. The van der Waals surface area contributed by atoms with Crippen molar-refractivity contribution in [3.05, 3.63) is 109 Å². The molecule has 564 valence electrons. The van der Waals surface area contributed by atoms with Crippen molar-refractivity contribution in [2.24, 2.45) is 0 Å². The molecule has 0 saturated carbocycles. The largest absolute Gasteiger partial charge is 0.472 e. The van der Waals surface area contributed by atoms with E-state index in [1.807, 2.05) is 12.2 Å². The Hall–Kier alpha value is -4.28. The van der Waals surface area contributed by atoms with Crippen molar-refractivity contribution < 1.29 is 80.2 Å². The number of ether oxygens (including phenoxy) is 4. The zero-order chi connectivity index (χ0) is 71.8. The van der Waals surface area contributed by atoms with Gasteiger partial charge in [0.15, 0.2) is 12.2 Å². The van der Waals surface area contributed by atoms with Crippen molar-refractivity contribution in [1.29, 1.82) is 0 Å². The van der Waals surface area contributed by atoms with Crippen LogP contribution in [0.5, 0.6) is 0 Å². The Morgan fingerprint density at radius 3 is 0.878 bits per heavy atom. The minimum absolute atomic E-state index is 0.0722. The Morgan fingerprint density at radius 1 is 0.296 bits per heavy atom. The second kappa shape index (κ2) is 71.1. The van der Waals surface area contributed by atoms with Crippen LogP contribution in [0.1, 0.15) is 310 Å². The number of aliphatic hydroxyl groups is 1. The fourth-order valence-corrected chi connectivity index (χ4v) is 11.5. The molecular formula is C79H136O17P2. The Bertz CT molecular complexity index is 2290. The highest BCUT2D eigenvalue weighted by Crippen LogP contribution is 2.45. The van der Waals surface area contributed by atoms with E-state index in [-0.39, 0.29) is 25.7 Å². The maximum atomic E-state index is 13.1. The molecule has 0 aromatic carbocycles. The quantitative estimate of drug-likeness (QED) is 0.0169. The van der Waals surface area contributed by atoms with E-state index in [1.165, 1.54) is 64.2 Å². The average molecular weight is 1420 g/mol. The van der Waals surface area contributed by atoms with Gasteiger partial charge in [0.2, 0.25) is 0 Å². The number of rotatable bonds is 71. The summed E-state index contributed by atoms with van der Waals surface area (Å²) in [6, 6.07) is 0. The Kier molecular flexibility index (Phi) is 68.0. The van der Waals surface area contributed by atoms with Gasteiger partial charge in [-0.05, 0) is 122 Å². The van der Waals surface area contributed by atoms with Crippen LogP contribution < -0.4 is 0 Å². The number of allylic oxidation sites excluding steroid dienone is 18. The minimum atomic E-state index is -4.99. The molecule has 0 amide bonds. The smallest absolute Gasteiger partial charge is 0.462 e. The Labute approximate surface area is 594 Å². The highest BCUT2D eigenvalue weighted by molar-refractivity contribution is 7.47. The van der Waals surface area contributed by atoms with Crippen LogP contribution in [0, 0.1) is 0 Å². The zero-order valence-electron chi connectivity index (χ0n) is 61.4. The molecule has 17 nitrogen and oxygen atoms in total. The lowest BCUT2D eigenvalue weighted by Gasteiger charge is -2.21. The van der Waals surface area contributed by atoms with Gasteiger partial charge in [0.25, 0.3) is 0 Å². The summed E-state index contributed by atoms with van der Waals surface area (Å²) >= 11 is 0. The fraction of sp³-hybridized carbons (Fsp3) is 0.722. The van der Waals surface area contributed by atoms with Gasteiger partial charge in [-0.3, -0.25) is 37.3 Å². The molecule has 0 rings (SSSR count). The van der Waals surface area contributed by atoms with Crippen molar-refractivity contribution in [3.63, 3.8) is 0 Å². The van der Waals surface area contributed by atoms with E-state index >= 15 is 0 Å². The van der Waals surface area contributed by atoms with Gasteiger partial charge in [-0.2, -0.15) is 0 Å². The van der Waals surface area contributed by atoms with Crippen LogP contribution in [0.3, 0.4) is 0 Å². The molecule has 5 atom stereocenters. The van der Waals surface area contributed by atoms with E-state index in [0.29, 0.717) is 32.1 Å². The van der Waals surface area contributed by atoms with Crippen LogP contribution in [0.4, 0.5) is 0 Å². The van der Waals surface area contributed by atoms with E-state index in [4.69, 9.17) is 37.0 Å². The second-order valence-corrected chi connectivity index (χ2v) is 28.1. The first-order valence-corrected chi connectivity index (χ1v) is 41.1. The molecule has 0 heterocycles. The van der Waals surface area contributed by atoms with Crippen molar-refractivity contribution in [2.45, 2.75) is 329 Å². The maximum Gasteiger partial charge on any atom is 0.472 e. The van der Waals surface area contributed by atoms with Gasteiger partial charge in [0.1, 0.15) is 19.3 Å². The highest BCUT2D eigenvalue weighted by Gasteiger charge is 2.30. The molecule has 0 radical (unpaired) electrons. The molecule has 5 unspecified atom stereocenters. The summed E-state index contributed by atoms with van der Waals surface area (Å²) in [6.45, 7) is 4.55. The number of phosphoric acid groups is 2. The summed E-state index contributed by atoms with van der Waals surface area (Å²) in [5, 5.41) is 10.6. The molecule has 3 N–H and O–H groups in total. The van der Waals surface area contributed by atoms with E-state index in [2.05, 4.69) is 125 Å². The van der Waals surface area contributed by atoms with Gasteiger partial charge in [-0.1, -0.05) is 272 Å². The van der Waals surface area contributed by atoms with Crippen molar-refractivity contribution in [1.82, 2.24) is 0 Å². The predicted octanol–water partition coefficient (Wildman–Crippen LogP) is 21.8. The standard InChI is InChI=1S/C79H136O17P2/c1-5-9-13-17-21-25-29-32-34-36-38-41-44-47-51-55-59-63-76(81)89-69-74(95-78(83)65-61-57-53-49-43-28-24-20-16-12-8-4)71-93-97(85,86)91-67-73(80)68-92-98(87,88)94-72-75(96-79(84)66-62-58-54-50-46-40-31-27-23-19-15-11-7-3)70-90-77(82)64-60-56-52-48-45-42-39-37-35-33-30-26-22-18-14-10-6-2/h9-10,13-14,21-22,25-27,31-35,39,42,48,52,73-75,80H,5-8,11-12,15-20,23-24,28-30,36-38,40-41,43-47,49-51,53-72H2,1-4H3,(H,85,86)(H,87,88)/b13-9-,14-10-,25-21-,26-22-,31-27-,34-32-,35-33-,42-39-,52-48-. The van der Waals surface area contributed by atoms with Crippen LogP contribution in [0.15, 0.2) is 109 Å². The molecule has 19 heteroatoms. The monoisotopic (exact) mass is 1420 g/mol. The van der Waals surface area contributed by atoms with Crippen LogP contribution in [0.25, 0.3) is 0 Å². The molecule has 0 aliphatic carbocycles. The SMILES string of the molecule is CC/C=C\C/C=C\C/C=C\C/C=C\C/C=C\CCCC(=O)OCC(COP(=O)(O)OCC(O)COP(=O)(O)OCC(COC(=O)CCCCCCCCC/C=C\C/C=C\C/C=C\CC)OC(=O)CCCCCCCCCCCCC)OC(=O)CCCCCCC/C=C\CCCCCC. The molecule has 0 bridgehead atoms. The topological polar surface area (TPSA) is 237 Å². The summed E-state index contributed by atoms with van der Waals surface area (Å²) in [5.41, 5.74) is 0. The van der Waals surface area contributed by atoms with Gasteiger partial charge in [0.05, 0.1) is 26.4 Å². The predicted molar refractivity (Wildman–Crippen MR) is 399 cm³/mol. The van der Waals surface area contributed by atoms with Crippen LogP contribution in [-0.2, 0) is 65.4 Å². The lowest BCUT2D eigenvalue weighted by Crippen LogP contribution is -2.30. The molecule has 0 spiro atoms. The molecule has 0 aromatic rings. The summed E-state index contributed by atoms with van der Waals surface area (Å²) in [5.74, 6) is -2.25. The van der Waals surface area contributed by atoms with E-state index < -0.39 is 97.5 Å². The normalized spacial score (nSPS) is 14.6. The molecule has 0 fully saturated rings. The zero-order valence-corrected chi connectivity index (χ0v) is 63.2. The van der Waals surface area contributed by atoms with Gasteiger partial charge in [-0.25, -0.2) is 9.13 Å². The molecule has 98 heavy (non-hydrogen) atoms. The number of aliphatic hydroxyl groups excluding tert-OH is 1. The minimum Gasteiger partial charge on any atom is -0.462 e. The first kappa shape index (κ1) is 93.7. The lowest BCUT2D eigenvalue weighted by molar-refractivity contribution is -0.161. The van der Waals surface area contributed by atoms with Crippen LogP contribution in [-0.4, -0.2) is 96.7 Å². The summed E-state index contributed by atoms with van der Waals surface area (Å²) in [6.07, 6.45) is 75.2. The van der Waals surface area contributed by atoms with Gasteiger partial charge >= 0.3 is 39.5 Å². The second-order valence-electron chi connectivity index (χ2n) is 25.2. The Balaban J connectivity index is 5.36. The maximum absolute atomic E-state index is 13.1. The van der Waals surface area contributed by atoms with E-state index in [0.717, 1.165) is 161 Å². The molecule has 0 saturated heterocycles. The average Bonchev–Trinajstić information content (AvgIpc) is 0.973. The number of hydrogen-bond acceptors (Lipinski definition) is 15. The first-order valence-electron chi connectivity index (χ1n) is 38.1. The van der Waals surface area contributed by atoms with Crippen LogP contribution >= 0.6 is 15.6 Å². The van der Waals surface area contributed by atoms with E-state index in [9.17, 15) is 43.2 Å². The number of esters is 4. The van der Waals surface area contributed by atoms with Crippen LogP contribution in [0.2, 0.25) is 0 Å². The van der Waals surface area contributed by atoms with Crippen molar-refractivity contribution in [2.75, 3.05) is 39.6 Å². The highest BCUT2D eigenvalue weighted by atomic mass is 31.2. The number of phosphoric ester groups is 2. The third-order valence-electron chi connectivity index (χ3n) is 15.7.